The smallest absolute Gasteiger partial charge is 0.396 e. The van der Waals surface area contributed by atoms with Gasteiger partial charge in [-0.3, -0.25) is 0 Å². The van der Waals surface area contributed by atoms with Crippen LogP contribution in [0.4, 0.5) is 6.01 Å². The Morgan fingerprint density at radius 1 is 1.35 bits per heavy atom. The van der Waals surface area contributed by atoms with Gasteiger partial charge in [-0.05, 0) is 32.6 Å². The molecule has 0 aromatic carbocycles. The van der Waals surface area contributed by atoms with Gasteiger partial charge >= 0.3 is 17.9 Å². The number of nitrogens with zero attached hydrogens (tertiary/aromatic N) is 3. The lowest BCUT2D eigenvalue weighted by Gasteiger charge is -2.51. The zero-order valence-corrected chi connectivity index (χ0v) is 11.6. The van der Waals surface area contributed by atoms with Gasteiger partial charge in [0.15, 0.2) is 0 Å². The number of aromatic nitrogens is 2. The predicted octanol–water partition coefficient (Wildman–Crippen LogP) is 1.40. The summed E-state index contributed by atoms with van der Waals surface area (Å²) < 4.78 is 15.8. The van der Waals surface area contributed by atoms with Gasteiger partial charge in [0.1, 0.15) is 0 Å². The Hall–Kier alpha value is -1.63. The SMILES string of the molecule is CCOC(=O)c1nnc(N2CCC23CCCOCC3)o1. The predicted molar refractivity (Wildman–Crippen MR) is 69.6 cm³/mol. The second-order valence-corrected chi connectivity index (χ2v) is 5.20. The van der Waals surface area contributed by atoms with Crippen LogP contribution in [0.5, 0.6) is 0 Å². The summed E-state index contributed by atoms with van der Waals surface area (Å²) in [6.45, 7) is 4.49. The number of carbonyl (C=O) groups is 1. The summed E-state index contributed by atoms with van der Waals surface area (Å²) in [6.07, 6.45) is 4.16. The summed E-state index contributed by atoms with van der Waals surface area (Å²) in [5, 5.41) is 7.76. The quantitative estimate of drug-likeness (QED) is 0.775. The number of anilines is 1. The van der Waals surface area contributed by atoms with E-state index in [2.05, 4.69) is 15.1 Å². The highest BCUT2D eigenvalue weighted by molar-refractivity contribution is 5.84. The fourth-order valence-electron chi connectivity index (χ4n) is 2.95. The van der Waals surface area contributed by atoms with E-state index in [0.29, 0.717) is 12.6 Å². The number of hydrogen-bond acceptors (Lipinski definition) is 7. The van der Waals surface area contributed by atoms with Crippen molar-refractivity contribution in [3.8, 4) is 0 Å². The van der Waals surface area contributed by atoms with Crippen molar-refractivity contribution in [3.63, 3.8) is 0 Å². The highest BCUT2D eigenvalue weighted by atomic mass is 16.5. The van der Waals surface area contributed by atoms with Gasteiger partial charge in [-0.15, -0.1) is 0 Å². The molecule has 7 nitrogen and oxygen atoms in total. The normalized spacial score (nSPS) is 26.1. The zero-order valence-electron chi connectivity index (χ0n) is 11.6. The van der Waals surface area contributed by atoms with Crippen LogP contribution in [0.25, 0.3) is 0 Å². The van der Waals surface area contributed by atoms with E-state index < -0.39 is 5.97 Å². The Morgan fingerprint density at radius 2 is 2.25 bits per heavy atom. The molecule has 0 amide bonds. The van der Waals surface area contributed by atoms with E-state index in [9.17, 15) is 4.79 Å². The van der Waals surface area contributed by atoms with Gasteiger partial charge in [0, 0.05) is 25.3 Å². The van der Waals surface area contributed by atoms with Crippen LogP contribution in [0.15, 0.2) is 4.42 Å². The minimum atomic E-state index is -0.565. The lowest BCUT2D eigenvalue weighted by Crippen LogP contribution is -2.60. The molecule has 0 bridgehead atoms. The van der Waals surface area contributed by atoms with Gasteiger partial charge < -0.3 is 18.8 Å². The first-order valence-electron chi connectivity index (χ1n) is 7.11. The maximum atomic E-state index is 11.6. The topological polar surface area (TPSA) is 77.7 Å². The number of esters is 1. The highest BCUT2D eigenvalue weighted by Crippen LogP contribution is 2.42. The van der Waals surface area contributed by atoms with E-state index in [1.54, 1.807) is 6.92 Å². The lowest BCUT2D eigenvalue weighted by atomic mass is 9.79. The van der Waals surface area contributed by atoms with Gasteiger partial charge in [0.2, 0.25) is 0 Å². The third-order valence-electron chi connectivity index (χ3n) is 4.11. The first-order chi connectivity index (χ1) is 9.75. The second kappa shape index (κ2) is 5.40. The molecule has 1 aromatic rings. The molecular weight excluding hydrogens is 262 g/mol. The van der Waals surface area contributed by atoms with E-state index >= 15 is 0 Å². The first-order valence-corrected chi connectivity index (χ1v) is 7.11. The Morgan fingerprint density at radius 3 is 3.00 bits per heavy atom. The second-order valence-electron chi connectivity index (χ2n) is 5.20. The average molecular weight is 281 g/mol. The third-order valence-corrected chi connectivity index (χ3v) is 4.11. The molecule has 2 aliphatic rings. The molecule has 2 fully saturated rings. The molecule has 1 atom stereocenters. The molecule has 1 aromatic heterocycles. The largest absolute Gasteiger partial charge is 0.459 e. The van der Waals surface area contributed by atoms with Crippen LogP contribution in [0.2, 0.25) is 0 Å². The van der Waals surface area contributed by atoms with Gasteiger partial charge in [-0.1, -0.05) is 10.2 Å². The number of hydrogen-bond donors (Lipinski definition) is 0. The molecular formula is C13H19N3O4. The molecule has 7 heteroatoms. The summed E-state index contributed by atoms with van der Waals surface area (Å²) in [7, 11) is 0. The maximum Gasteiger partial charge on any atom is 0.396 e. The van der Waals surface area contributed by atoms with Crippen LogP contribution in [0.3, 0.4) is 0 Å². The number of carbonyl (C=O) groups excluding carboxylic acids is 1. The molecule has 0 radical (unpaired) electrons. The van der Waals surface area contributed by atoms with Crippen LogP contribution in [-0.4, -0.2) is 48.1 Å². The molecule has 0 N–H and O–H groups in total. The maximum absolute atomic E-state index is 11.6. The number of rotatable bonds is 3. The molecule has 110 valence electrons. The van der Waals surface area contributed by atoms with E-state index in [4.69, 9.17) is 13.9 Å². The van der Waals surface area contributed by atoms with Crippen molar-refractivity contribution in [1.29, 1.82) is 0 Å². The van der Waals surface area contributed by atoms with Crippen molar-refractivity contribution in [2.45, 2.75) is 38.1 Å². The zero-order chi connectivity index (χ0) is 14.0. The summed E-state index contributed by atoms with van der Waals surface area (Å²) in [5.41, 5.74) is 0.0644. The van der Waals surface area contributed by atoms with Crippen LogP contribution in [0.1, 0.15) is 43.3 Å². The molecule has 1 spiro atoms. The highest BCUT2D eigenvalue weighted by Gasteiger charge is 2.47. The molecule has 2 aliphatic heterocycles. The van der Waals surface area contributed by atoms with Crippen LogP contribution in [-0.2, 0) is 9.47 Å². The third kappa shape index (κ3) is 2.26. The fourth-order valence-corrected chi connectivity index (χ4v) is 2.95. The van der Waals surface area contributed by atoms with Crippen molar-refractivity contribution in [2.75, 3.05) is 31.3 Å². The van der Waals surface area contributed by atoms with Gasteiger partial charge in [-0.25, -0.2) is 4.79 Å². The van der Waals surface area contributed by atoms with Crippen LogP contribution < -0.4 is 4.90 Å². The first kappa shape index (κ1) is 13.4. The van der Waals surface area contributed by atoms with Crippen molar-refractivity contribution < 1.29 is 18.7 Å². The van der Waals surface area contributed by atoms with Gasteiger partial charge in [-0.2, -0.15) is 0 Å². The Balaban J connectivity index is 1.74. The average Bonchev–Trinajstić information content (AvgIpc) is 2.74. The molecule has 0 aliphatic carbocycles. The van der Waals surface area contributed by atoms with Crippen LogP contribution >= 0.6 is 0 Å². The van der Waals surface area contributed by atoms with Gasteiger partial charge in [0.25, 0.3) is 0 Å². The summed E-state index contributed by atoms with van der Waals surface area (Å²) in [4.78, 5) is 13.7. The Labute approximate surface area is 117 Å². The lowest BCUT2D eigenvalue weighted by molar-refractivity contribution is 0.0479. The Kier molecular flexibility index (Phi) is 3.60. The summed E-state index contributed by atoms with van der Waals surface area (Å²) in [5.74, 6) is -0.640. The Bertz CT molecular complexity index is 480. The number of ether oxygens (including phenoxy) is 2. The summed E-state index contributed by atoms with van der Waals surface area (Å²) >= 11 is 0. The molecule has 1 unspecified atom stereocenters. The summed E-state index contributed by atoms with van der Waals surface area (Å²) in [6, 6.07) is 0.418. The monoisotopic (exact) mass is 281 g/mol. The van der Waals surface area contributed by atoms with Crippen molar-refractivity contribution >= 4 is 12.0 Å². The molecule has 3 heterocycles. The van der Waals surface area contributed by atoms with Crippen molar-refractivity contribution in [3.05, 3.63) is 5.89 Å². The van der Waals surface area contributed by atoms with E-state index in [1.165, 1.54) is 0 Å². The molecule has 20 heavy (non-hydrogen) atoms. The molecule has 2 saturated heterocycles. The molecule has 0 saturated carbocycles. The van der Waals surface area contributed by atoms with Crippen LogP contribution in [0, 0.1) is 0 Å². The van der Waals surface area contributed by atoms with E-state index in [0.717, 1.165) is 45.4 Å². The standard InChI is InChI=1S/C13H19N3O4/c1-2-19-11(17)10-14-15-12(20-10)16-7-5-13(16)4-3-8-18-9-6-13/h2-9H2,1H3. The van der Waals surface area contributed by atoms with E-state index in [1.807, 2.05) is 0 Å². The van der Waals surface area contributed by atoms with Gasteiger partial charge in [0.05, 0.1) is 6.61 Å². The fraction of sp³-hybridized carbons (Fsp3) is 0.769. The molecule has 3 rings (SSSR count). The van der Waals surface area contributed by atoms with Crippen molar-refractivity contribution in [1.82, 2.24) is 10.2 Å². The minimum Gasteiger partial charge on any atom is -0.459 e. The van der Waals surface area contributed by atoms with E-state index in [-0.39, 0.29) is 11.4 Å². The van der Waals surface area contributed by atoms with Crippen molar-refractivity contribution in [2.24, 2.45) is 0 Å². The minimum absolute atomic E-state index is 0.0644.